The summed E-state index contributed by atoms with van der Waals surface area (Å²) in [6.07, 6.45) is 7.25. The zero-order valence-electron chi connectivity index (χ0n) is 19.6. The highest BCUT2D eigenvalue weighted by molar-refractivity contribution is 6.08. The van der Waals surface area contributed by atoms with Crippen LogP contribution in [-0.4, -0.2) is 38.1 Å². The fraction of sp³-hybridized carbons (Fsp3) is 0.0690. The number of benzene rings is 3. The summed E-state index contributed by atoms with van der Waals surface area (Å²) in [4.78, 5) is 28.1. The van der Waals surface area contributed by atoms with E-state index in [0.29, 0.717) is 39.1 Å². The molecule has 0 amide bonds. The summed E-state index contributed by atoms with van der Waals surface area (Å²) in [5.74, 6) is -3.32. The lowest BCUT2D eigenvalue weighted by Gasteiger charge is -2.20. The van der Waals surface area contributed by atoms with Crippen LogP contribution in [0.25, 0.3) is 5.57 Å². The number of aliphatic imine (C=N–C) groups is 1. The summed E-state index contributed by atoms with van der Waals surface area (Å²) >= 11 is 0. The Morgan fingerprint density at radius 1 is 0.667 bits per heavy atom. The predicted molar refractivity (Wildman–Crippen MR) is 137 cm³/mol. The van der Waals surface area contributed by atoms with Crippen LogP contribution in [0, 0.1) is 13.8 Å². The first-order valence-corrected chi connectivity index (χ1v) is 11.0. The first-order chi connectivity index (χ1) is 17.2. The van der Waals surface area contributed by atoms with Crippen LogP contribution >= 0.6 is 0 Å². The molecule has 180 valence electrons. The van der Waals surface area contributed by atoms with Crippen molar-refractivity contribution < 1.29 is 30.0 Å². The Hall–Kier alpha value is -4.91. The molecule has 7 heteroatoms. The molecule has 0 aromatic heterocycles. The van der Waals surface area contributed by atoms with Crippen LogP contribution in [0.2, 0.25) is 0 Å². The van der Waals surface area contributed by atoms with E-state index in [1.54, 1.807) is 13.8 Å². The fourth-order valence-corrected chi connectivity index (χ4v) is 4.08. The third-order valence-corrected chi connectivity index (χ3v) is 5.86. The molecule has 3 aromatic carbocycles. The molecule has 1 aliphatic rings. The lowest BCUT2D eigenvalue weighted by atomic mass is 9.85. The Morgan fingerprint density at radius 2 is 1.14 bits per heavy atom. The second-order valence-corrected chi connectivity index (χ2v) is 8.35. The van der Waals surface area contributed by atoms with E-state index in [-0.39, 0.29) is 22.6 Å². The second kappa shape index (κ2) is 9.76. The van der Waals surface area contributed by atoms with E-state index in [2.05, 4.69) is 4.99 Å². The Labute approximate surface area is 207 Å². The number of aromatic hydroxyl groups is 2. The van der Waals surface area contributed by atoms with Gasteiger partial charge in [-0.05, 0) is 95.8 Å². The van der Waals surface area contributed by atoms with E-state index in [9.17, 15) is 30.0 Å². The van der Waals surface area contributed by atoms with Crippen LogP contribution < -0.4 is 0 Å². The molecule has 4 rings (SSSR count). The van der Waals surface area contributed by atoms with Crippen LogP contribution in [0.4, 0.5) is 5.69 Å². The molecule has 4 N–H and O–H groups in total. The number of aromatic carboxylic acids is 2. The number of nitrogens with zero attached hydrogens (tertiary/aromatic N) is 1. The first kappa shape index (κ1) is 24.2. The van der Waals surface area contributed by atoms with E-state index in [4.69, 9.17) is 0 Å². The molecule has 0 saturated heterocycles. The van der Waals surface area contributed by atoms with Crippen molar-refractivity contribution in [3.05, 3.63) is 118 Å². The highest BCUT2D eigenvalue weighted by atomic mass is 16.4. The van der Waals surface area contributed by atoms with E-state index in [1.807, 2.05) is 54.6 Å². The van der Waals surface area contributed by atoms with Crippen LogP contribution in [0.3, 0.4) is 0 Å². The molecule has 0 heterocycles. The molecule has 3 aromatic rings. The molecule has 0 saturated carbocycles. The summed E-state index contributed by atoms with van der Waals surface area (Å²) < 4.78 is 0. The molecule has 0 radical (unpaired) electrons. The Morgan fingerprint density at radius 3 is 1.58 bits per heavy atom. The number of carbonyl (C=O) groups is 2. The van der Waals surface area contributed by atoms with Crippen molar-refractivity contribution in [1.82, 2.24) is 0 Å². The molecule has 0 bridgehead atoms. The molecule has 0 aliphatic heterocycles. The van der Waals surface area contributed by atoms with Crippen molar-refractivity contribution in [3.63, 3.8) is 0 Å². The zero-order chi connectivity index (χ0) is 26.0. The predicted octanol–water partition coefficient (Wildman–Crippen LogP) is 5.81. The Kier molecular flexibility index (Phi) is 6.56. The molecule has 0 atom stereocenters. The zero-order valence-corrected chi connectivity index (χ0v) is 19.6. The normalized spacial score (nSPS) is 12.5. The average molecular weight is 482 g/mol. The number of carboxylic acid groups (broad SMARTS) is 2. The van der Waals surface area contributed by atoms with E-state index in [0.717, 1.165) is 5.69 Å². The maximum absolute atomic E-state index is 11.8. The number of rotatable bonds is 5. The second-order valence-electron chi connectivity index (χ2n) is 8.35. The van der Waals surface area contributed by atoms with Crippen molar-refractivity contribution in [2.75, 3.05) is 0 Å². The van der Waals surface area contributed by atoms with E-state index < -0.39 is 11.9 Å². The van der Waals surface area contributed by atoms with Crippen molar-refractivity contribution in [3.8, 4) is 11.5 Å². The summed E-state index contributed by atoms with van der Waals surface area (Å²) in [6, 6.07) is 14.9. The van der Waals surface area contributed by atoms with Crippen molar-refractivity contribution in [2.45, 2.75) is 13.8 Å². The minimum atomic E-state index is -1.29. The quantitative estimate of drug-likeness (QED) is 0.364. The third-order valence-electron chi connectivity index (χ3n) is 5.86. The van der Waals surface area contributed by atoms with Crippen molar-refractivity contribution in [2.24, 2.45) is 4.99 Å². The van der Waals surface area contributed by atoms with E-state index >= 15 is 0 Å². The average Bonchev–Trinajstić information content (AvgIpc) is 2.83. The summed E-state index contributed by atoms with van der Waals surface area (Å²) in [6.45, 7) is 3.46. The van der Waals surface area contributed by atoms with Gasteiger partial charge >= 0.3 is 11.9 Å². The monoisotopic (exact) mass is 481 g/mol. The standard InChI is InChI=1S/C29H23NO6/c1-16-12-25(31)23(28(33)34)14-21(16)27(22-15-24(29(35)36)26(32)13-17(22)2)18-8-10-20(11-9-18)30-19-6-4-3-5-7-19/h3-15,31-32H,1-2H3,(H,33,34)(H,35,36). The molecule has 0 fully saturated rings. The van der Waals surface area contributed by atoms with Gasteiger partial charge in [-0.2, -0.15) is 0 Å². The smallest absolute Gasteiger partial charge is 0.339 e. The summed E-state index contributed by atoms with van der Waals surface area (Å²) in [5, 5.41) is 39.6. The highest BCUT2D eigenvalue weighted by Gasteiger charge is 2.22. The Bertz CT molecular complexity index is 1420. The van der Waals surface area contributed by atoms with Gasteiger partial charge in [0, 0.05) is 0 Å². The maximum atomic E-state index is 11.8. The van der Waals surface area contributed by atoms with Gasteiger partial charge in [0.05, 0.1) is 11.4 Å². The molecular formula is C29H23NO6. The maximum Gasteiger partial charge on any atom is 0.339 e. The number of hydrogen-bond donors (Lipinski definition) is 4. The molecule has 7 nitrogen and oxygen atoms in total. The SMILES string of the molecule is Cc1cc(O)c(C(=O)O)cc1C(=C1C=CC(=Nc2ccccc2)C=C1)c1cc(C(=O)O)c(O)cc1C. The number of para-hydroxylation sites is 1. The van der Waals surface area contributed by atoms with Crippen LogP contribution in [0.15, 0.2) is 89.5 Å². The van der Waals surface area contributed by atoms with Crippen LogP contribution in [0.5, 0.6) is 11.5 Å². The van der Waals surface area contributed by atoms with Crippen molar-refractivity contribution >= 4 is 28.9 Å². The lowest BCUT2D eigenvalue weighted by Crippen LogP contribution is -2.06. The number of allylic oxidation sites excluding steroid dienone is 5. The van der Waals surface area contributed by atoms with Crippen LogP contribution in [-0.2, 0) is 0 Å². The molecule has 0 spiro atoms. The highest BCUT2D eigenvalue weighted by Crippen LogP contribution is 2.38. The van der Waals surface area contributed by atoms with E-state index in [1.165, 1.54) is 24.3 Å². The molecular weight excluding hydrogens is 458 g/mol. The van der Waals surface area contributed by atoms with Gasteiger partial charge in [-0.1, -0.05) is 30.4 Å². The van der Waals surface area contributed by atoms with Gasteiger partial charge < -0.3 is 20.4 Å². The summed E-state index contributed by atoms with van der Waals surface area (Å²) in [5.41, 5.74) is 4.36. The van der Waals surface area contributed by atoms with Gasteiger partial charge in [-0.15, -0.1) is 0 Å². The van der Waals surface area contributed by atoms with Crippen LogP contribution in [0.1, 0.15) is 43.0 Å². The molecule has 1 aliphatic carbocycles. The van der Waals surface area contributed by atoms with Gasteiger partial charge in [-0.25, -0.2) is 14.6 Å². The van der Waals surface area contributed by atoms with Gasteiger partial charge in [0.2, 0.25) is 0 Å². The Balaban J connectivity index is 1.97. The summed E-state index contributed by atoms with van der Waals surface area (Å²) in [7, 11) is 0. The lowest BCUT2D eigenvalue weighted by molar-refractivity contribution is 0.0682. The molecule has 0 unspecified atom stereocenters. The van der Waals surface area contributed by atoms with Gasteiger partial charge in [-0.3, -0.25) is 0 Å². The third kappa shape index (κ3) is 4.81. The minimum Gasteiger partial charge on any atom is -0.507 e. The van der Waals surface area contributed by atoms with Gasteiger partial charge in [0.1, 0.15) is 22.6 Å². The number of carboxylic acids is 2. The number of phenols is 2. The van der Waals surface area contributed by atoms with Crippen molar-refractivity contribution in [1.29, 1.82) is 0 Å². The van der Waals surface area contributed by atoms with Gasteiger partial charge in [0.25, 0.3) is 0 Å². The fourth-order valence-electron chi connectivity index (χ4n) is 4.08. The number of aryl methyl sites for hydroxylation is 2. The number of hydrogen-bond acceptors (Lipinski definition) is 5. The van der Waals surface area contributed by atoms with Gasteiger partial charge in [0.15, 0.2) is 0 Å². The minimum absolute atomic E-state index is 0.279. The topological polar surface area (TPSA) is 127 Å². The molecule has 36 heavy (non-hydrogen) atoms. The largest absolute Gasteiger partial charge is 0.507 e. The first-order valence-electron chi connectivity index (χ1n) is 11.0.